The quantitative estimate of drug-likeness (QED) is 0.281. The van der Waals surface area contributed by atoms with Gasteiger partial charge in [0.15, 0.2) is 5.16 Å². The lowest BCUT2D eigenvalue weighted by Gasteiger charge is -2.12. The Kier molecular flexibility index (Phi) is 5.48. The standard InChI is InChI=1S/C26H21N3O3S/c1-16-12-13-18(14-17(16)2)27-22(30)15-33-26-28-23-20-10-6-7-11-21(20)32-24(23)25(31)29(26)19-8-4-3-5-9-19/h3-14H,15H2,1-2H3,(H,27,30). The van der Waals surface area contributed by atoms with Crippen molar-refractivity contribution in [2.75, 3.05) is 11.1 Å². The lowest BCUT2D eigenvalue weighted by Crippen LogP contribution is -2.22. The molecular formula is C26H21N3O3S. The van der Waals surface area contributed by atoms with E-state index in [0.29, 0.717) is 21.9 Å². The molecule has 0 bridgehead atoms. The fourth-order valence-electron chi connectivity index (χ4n) is 3.67. The van der Waals surface area contributed by atoms with Crippen LogP contribution in [0.3, 0.4) is 0 Å². The number of amides is 1. The van der Waals surface area contributed by atoms with Gasteiger partial charge in [0.05, 0.1) is 11.4 Å². The summed E-state index contributed by atoms with van der Waals surface area (Å²) in [6, 6.07) is 22.5. The summed E-state index contributed by atoms with van der Waals surface area (Å²) < 4.78 is 7.34. The molecule has 1 amide bonds. The number of hydrogen-bond donors (Lipinski definition) is 1. The number of anilines is 1. The van der Waals surface area contributed by atoms with E-state index in [1.165, 1.54) is 21.9 Å². The number of aromatic nitrogens is 2. The lowest BCUT2D eigenvalue weighted by atomic mass is 10.1. The van der Waals surface area contributed by atoms with Gasteiger partial charge in [-0.15, -0.1) is 0 Å². The van der Waals surface area contributed by atoms with Gasteiger partial charge in [0.2, 0.25) is 11.5 Å². The van der Waals surface area contributed by atoms with Crippen LogP contribution in [0.2, 0.25) is 0 Å². The SMILES string of the molecule is Cc1ccc(NC(=O)CSc2nc3c(oc4ccccc43)c(=O)n2-c2ccccc2)cc1C. The summed E-state index contributed by atoms with van der Waals surface area (Å²) >= 11 is 1.22. The van der Waals surface area contributed by atoms with Gasteiger partial charge in [-0.05, 0) is 61.4 Å². The fourth-order valence-corrected chi connectivity index (χ4v) is 4.48. The summed E-state index contributed by atoms with van der Waals surface area (Å²) in [4.78, 5) is 30.9. The molecule has 2 aromatic heterocycles. The number of hydrogen-bond acceptors (Lipinski definition) is 5. The maximum absolute atomic E-state index is 13.4. The first-order chi connectivity index (χ1) is 16.0. The van der Waals surface area contributed by atoms with E-state index in [1.807, 2.05) is 86.6 Å². The molecule has 3 aromatic carbocycles. The van der Waals surface area contributed by atoms with Gasteiger partial charge in [-0.1, -0.05) is 48.2 Å². The molecule has 2 heterocycles. The van der Waals surface area contributed by atoms with Crippen molar-refractivity contribution in [2.45, 2.75) is 19.0 Å². The minimum absolute atomic E-state index is 0.105. The Morgan fingerprint density at radius 1 is 1.00 bits per heavy atom. The lowest BCUT2D eigenvalue weighted by molar-refractivity contribution is -0.113. The van der Waals surface area contributed by atoms with Crippen LogP contribution in [0.4, 0.5) is 5.69 Å². The molecule has 0 spiro atoms. The molecule has 0 aliphatic rings. The largest absolute Gasteiger partial charge is 0.448 e. The molecule has 0 radical (unpaired) electrons. The van der Waals surface area contributed by atoms with Crippen molar-refractivity contribution in [1.29, 1.82) is 0 Å². The zero-order valence-corrected chi connectivity index (χ0v) is 19.0. The van der Waals surface area contributed by atoms with Gasteiger partial charge in [0, 0.05) is 11.1 Å². The Balaban J connectivity index is 1.53. The highest BCUT2D eigenvalue weighted by Gasteiger charge is 2.19. The van der Waals surface area contributed by atoms with Crippen LogP contribution < -0.4 is 10.9 Å². The molecule has 1 N–H and O–H groups in total. The topological polar surface area (TPSA) is 77.1 Å². The molecule has 6 nitrogen and oxygen atoms in total. The summed E-state index contributed by atoms with van der Waals surface area (Å²) in [5.41, 5.74) is 4.67. The van der Waals surface area contributed by atoms with Crippen molar-refractivity contribution in [3.05, 3.63) is 94.3 Å². The van der Waals surface area contributed by atoms with E-state index >= 15 is 0 Å². The summed E-state index contributed by atoms with van der Waals surface area (Å²) in [5.74, 6) is -0.0673. The van der Waals surface area contributed by atoms with Crippen molar-refractivity contribution in [3.63, 3.8) is 0 Å². The van der Waals surface area contributed by atoms with Gasteiger partial charge in [-0.2, -0.15) is 0 Å². The van der Waals surface area contributed by atoms with Gasteiger partial charge in [-0.25, -0.2) is 4.98 Å². The Labute approximate surface area is 194 Å². The van der Waals surface area contributed by atoms with E-state index in [0.717, 1.165) is 16.6 Å². The number of aryl methyl sites for hydroxylation is 2. The third kappa shape index (κ3) is 4.03. The van der Waals surface area contributed by atoms with E-state index in [9.17, 15) is 9.59 Å². The maximum atomic E-state index is 13.4. The van der Waals surface area contributed by atoms with Crippen LogP contribution in [0.1, 0.15) is 11.1 Å². The second-order valence-corrected chi connectivity index (χ2v) is 8.72. The predicted octanol–water partition coefficient (Wildman–Crippen LogP) is 5.48. The molecule has 0 saturated carbocycles. The number of furan rings is 1. The highest BCUT2D eigenvalue weighted by Crippen LogP contribution is 2.28. The molecule has 5 rings (SSSR count). The zero-order valence-electron chi connectivity index (χ0n) is 18.2. The van der Waals surface area contributed by atoms with Crippen LogP contribution in [0.5, 0.6) is 0 Å². The monoisotopic (exact) mass is 455 g/mol. The Bertz CT molecular complexity index is 1550. The van der Waals surface area contributed by atoms with Gasteiger partial charge < -0.3 is 9.73 Å². The van der Waals surface area contributed by atoms with Gasteiger partial charge >= 0.3 is 5.56 Å². The van der Waals surface area contributed by atoms with Crippen LogP contribution in [-0.2, 0) is 4.79 Å². The van der Waals surface area contributed by atoms with Crippen molar-refractivity contribution < 1.29 is 9.21 Å². The molecule has 33 heavy (non-hydrogen) atoms. The normalized spacial score (nSPS) is 11.2. The molecule has 0 unspecified atom stereocenters. The molecular weight excluding hydrogens is 434 g/mol. The van der Waals surface area contributed by atoms with Crippen LogP contribution in [0, 0.1) is 13.8 Å². The van der Waals surface area contributed by atoms with E-state index in [1.54, 1.807) is 0 Å². The number of fused-ring (bicyclic) bond motifs is 3. The smallest absolute Gasteiger partial charge is 0.302 e. The first kappa shape index (κ1) is 21.0. The Morgan fingerprint density at radius 2 is 1.76 bits per heavy atom. The zero-order chi connectivity index (χ0) is 22.9. The second kappa shape index (κ2) is 8.60. The second-order valence-electron chi connectivity index (χ2n) is 7.78. The number of carbonyl (C=O) groups excluding carboxylic acids is 1. The van der Waals surface area contributed by atoms with Gasteiger partial charge in [-0.3, -0.25) is 14.2 Å². The van der Waals surface area contributed by atoms with Crippen molar-refractivity contribution in [1.82, 2.24) is 9.55 Å². The van der Waals surface area contributed by atoms with Crippen molar-refractivity contribution >= 4 is 45.4 Å². The average Bonchev–Trinajstić information content (AvgIpc) is 3.20. The van der Waals surface area contributed by atoms with E-state index in [-0.39, 0.29) is 22.8 Å². The third-order valence-electron chi connectivity index (χ3n) is 5.50. The number of carbonyl (C=O) groups is 1. The summed E-state index contributed by atoms with van der Waals surface area (Å²) in [6.07, 6.45) is 0. The van der Waals surface area contributed by atoms with Crippen molar-refractivity contribution in [3.8, 4) is 5.69 Å². The predicted molar refractivity (Wildman–Crippen MR) is 132 cm³/mol. The molecule has 0 atom stereocenters. The molecule has 0 fully saturated rings. The van der Waals surface area contributed by atoms with E-state index in [4.69, 9.17) is 9.40 Å². The molecule has 0 aliphatic heterocycles. The van der Waals surface area contributed by atoms with Crippen LogP contribution >= 0.6 is 11.8 Å². The number of nitrogens with zero attached hydrogens (tertiary/aromatic N) is 2. The highest BCUT2D eigenvalue weighted by molar-refractivity contribution is 7.99. The first-order valence-electron chi connectivity index (χ1n) is 10.5. The Hall–Kier alpha value is -3.84. The van der Waals surface area contributed by atoms with Gasteiger partial charge in [0.25, 0.3) is 0 Å². The van der Waals surface area contributed by atoms with Crippen LogP contribution in [-0.4, -0.2) is 21.2 Å². The maximum Gasteiger partial charge on any atom is 0.302 e. The number of thioether (sulfide) groups is 1. The molecule has 5 aromatic rings. The Morgan fingerprint density at radius 3 is 2.55 bits per heavy atom. The number of benzene rings is 3. The number of nitrogens with one attached hydrogen (secondary N) is 1. The number of rotatable bonds is 5. The highest BCUT2D eigenvalue weighted by atomic mass is 32.2. The van der Waals surface area contributed by atoms with Crippen LogP contribution in [0.25, 0.3) is 27.8 Å². The van der Waals surface area contributed by atoms with Crippen LogP contribution in [0.15, 0.2) is 87.2 Å². The summed E-state index contributed by atoms with van der Waals surface area (Å²) in [5, 5.41) is 4.12. The molecule has 7 heteroatoms. The average molecular weight is 456 g/mol. The number of para-hydroxylation sites is 2. The summed E-state index contributed by atoms with van der Waals surface area (Å²) in [6.45, 7) is 4.04. The van der Waals surface area contributed by atoms with E-state index in [2.05, 4.69) is 5.32 Å². The van der Waals surface area contributed by atoms with Crippen molar-refractivity contribution in [2.24, 2.45) is 0 Å². The third-order valence-corrected chi connectivity index (χ3v) is 6.44. The molecule has 0 aliphatic carbocycles. The fraction of sp³-hybridized carbons (Fsp3) is 0.115. The van der Waals surface area contributed by atoms with Gasteiger partial charge in [0.1, 0.15) is 11.1 Å². The van der Waals surface area contributed by atoms with E-state index < -0.39 is 0 Å². The summed E-state index contributed by atoms with van der Waals surface area (Å²) in [7, 11) is 0. The minimum atomic E-state index is -0.306. The minimum Gasteiger partial charge on any atom is -0.448 e. The first-order valence-corrected chi connectivity index (χ1v) is 11.5. The molecule has 0 saturated heterocycles. The molecule has 164 valence electrons.